The number of carboxylic acids is 1. The molecule has 3 rings (SSSR count). The van der Waals surface area contributed by atoms with Crippen molar-refractivity contribution in [3.8, 4) is 5.69 Å². The molecule has 1 aromatic heterocycles. The van der Waals surface area contributed by atoms with Crippen LogP contribution < -0.4 is 0 Å². The lowest BCUT2D eigenvalue weighted by molar-refractivity contribution is -0.159. The first kappa shape index (κ1) is 16.1. The Morgan fingerprint density at radius 3 is 2.75 bits per heavy atom. The second-order valence-electron chi connectivity index (χ2n) is 5.44. The van der Waals surface area contributed by atoms with E-state index in [2.05, 4.69) is 5.10 Å². The number of aliphatic carboxylic acids is 1. The van der Waals surface area contributed by atoms with Crippen molar-refractivity contribution in [3.05, 3.63) is 48.0 Å². The number of hydrogen-bond acceptors (Lipinski definition) is 4. The van der Waals surface area contributed by atoms with Gasteiger partial charge in [-0.25, -0.2) is 13.9 Å². The van der Waals surface area contributed by atoms with Gasteiger partial charge in [-0.15, -0.1) is 0 Å². The highest BCUT2D eigenvalue weighted by Crippen LogP contribution is 2.11. The zero-order valence-corrected chi connectivity index (χ0v) is 12.8. The predicted octanol–water partition coefficient (Wildman–Crippen LogP) is 0.866. The number of hydrogen-bond donors (Lipinski definition) is 1. The van der Waals surface area contributed by atoms with Crippen molar-refractivity contribution >= 4 is 11.9 Å². The van der Waals surface area contributed by atoms with E-state index in [4.69, 9.17) is 9.84 Å². The van der Waals surface area contributed by atoms with Gasteiger partial charge in [0.05, 0.1) is 31.0 Å². The minimum Gasteiger partial charge on any atom is -0.479 e. The number of carboxylic acid groups (broad SMARTS) is 1. The molecule has 1 amide bonds. The zero-order valence-electron chi connectivity index (χ0n) is 12.8. The average molecular weight is 333 g/mol. The van der Waals surface area contributed by atoms with E-state index in [0.717, 1.165) is 0 Å². The molecule has 1 saturated heterocycles. The number of halogens is 1. The van der Waals surface area contributed by atoms with Crippen LogP contribution in [0, 0.1) is 5.82 Å². The fraction of sp³-hybridized carbons (Fsp3) is 0.312. The maximum absolute atomic E-state index is 12.9. The number of benzene rings is 1. The van der Waals surface area contributed by atoms with Crippen LogP contribution in [0.1, 0.15) is 5.69 Å². The highest BCUT2D eigenvalue weighted by Gasteiger charge is 2.29. The minimum atomic E-state index is -1.08. The molecule has 1 atom stereocenters. The van der Waals surface area contributed by atoms with Gasteiger partial charge >= 0.3 is 5.97 Å². The Balaban J connectivity index is 1.65. The van der Waals surface area contributed by atoms with Crippen molar-refractivity contribution in [3.63, 3.8) is 0 Å². The van der Waals surface area contributed by atoms with Crippen molar-refractivity contribution in [2.75, 3.05) is 19.7 Å². The number of aromatic nitrogens is 2. The molecule has 8 heteroatoms. The minimum absolute atomic E-state index is 0.0346. The normalized spacial score (nSPS) is 17.7. The van der Waals surface area contributed by atoms with Crippen LogP contribution in [0.15, 0.2) is 36.5 Å². The number of morpholine rings is 1. The summed E-state index contributed by atoms with van der Waals surface area (Å²) in [7, 11) is 0. The summed E-state index contributed by atoms with van der Waals surface area (Å²) in [5, 5.41) is 13.3. The number of carbonyl (C=O) groups is 2. The first-order valence-electron chi connectivity index (χ1n) is 7.45. The van der Waals surface area contributed by atoms with Crippen molar-refractivity contribution < 1.29 is 23.8 Å². The van der Waals surface area contributed by atoms with Gasteiger partial charge in [0, 0.05) is 12.7 Å². The number of ether oxygens (including phenoxy) is 1. The van der Waals surface area contributed by atoms with Gasteiger partial charge in [0.25, 0.3) is 0 Å². The van der Waals surface area contributed by atoms with Gasteiger partial charge in [0.1, 0.15) is 5.82 Å². The van der Waals surface area contributed by atoms with E-state index in [1.54, 1.807) is 29.1 Å². The van der Waals surface area contributed by atoms with Gasteiger partial charge in [-0.05, 0) is 30.3 Å². The van der Waals surface area contributed by atoms with E-state index in [1.165, 1.54) is 17.0 Å². The van der Waals surface area contributed by atoms with Gasteiger partial charge in [-0.2, -0.15) is 5.10 Å². The molecule has 0 aliphatic carbocycles. The molecule has 0 radical (unpaired) electrons. The molecule has 1 N–H and O–H groups in total. The summed E-state index contributed by atoms with van der Waals surface area (Å²) in [6, 6.07) is 7.56. The third kappa shape index (κ3) is 3.60. The molecule has 1 fully saturated rings. The Morgan fingerprint density at radius 2 is 2.04 bits per heavy atom. The summed E-state index contributed by atoms with van der Waals surface area (Å²) in [4.78, 5) is 24.7. The van der Waals surface area contributed by atoms with Gasteiger partial charge in [0.2, 0.25) is 5.91 Å². The quantitative estimate of drug-likeness (QED) is 0.897. The first-order valence-corrected chi connectivity index (χ1v) is 7.45. The lowest BCUT2D eigenvalue weighted by Crippen LogP contribution is -2.49. The van der Waals surface area contributed by atoms with E-state index >= 15 is 0 Å². The second-order valence-corrected chi connectivity index (χ2v) is 5.44. The number of rotatable bonds is 4. The molecule has 0 unspecified atom stereocenters. The molecule has 126 valence electrons. The van der Waals surface area contributed by atoms with Crippen LogP contribution in [0.5, 0.6) is 0 Å². The molecule has 1 aliphatic rings. The topological polar surface area (TPSA) is 84.7 Å². The summed E-state index contributed by atoms with van der Waals surface area (Å²) in [5.41, 5.74) is 1.25. The van der Waals surface area contributed by atoms with Crippen LogP contribution in [0.25, 0.3) is 5.69 Å². The lowest BCUT2D eigenvalue weighted by Gasteiger charge is -2.30. The van der Waals surface area contributed by atoms with Gasteiger partial charge in [-0.3, -0.25) is 4.79 Å². The van der Waals surface area contributed by atoms with E-state index < -0.39 is 12.1 Å². The molecular formula is C16H16FN3O4. The number of amides is 1. The van der Waals surface area contributed by atoms with Crippen molar-refractivity contribution in [1.82, 2.24) is 14.7 Å². The summed E-state index contributed by atoms with van der Waals surface area (Å²) in [6.45, 7) is 0.598. The molecule has 2 aromatic rings. The van der Waals surface area contributed by atoms with Gasteiger partial charge in [0.15, 0.2) is 6.10 Å². The van der Waals surface area contributed by atoms with Crippen LogP contribution in [-0.4, -0.2) is 57.5 Å². The molecular weight excluding hydrogens is 317 g/mol. The van der Waals surface area contributed by atoms with Crippen LogP contribution in [0.3, 0.4) is 0 Å². The molecule has 0 spiro atoms. The fourth-order valence-electron chi connectivity index (χ4n) is 2.49. The van der Waals surface area contributed by atoms with E-state index in [0.29, 0.717) is 17.9 Å². The van der Waals surface area contributed by atoms with E-state index in [1.807, 2.05) is 0 Å². The molecule has 1 aromatic carbocycles. The highest BCUT2D eigenvalue weighted by molar-refractivity contribution is 5.80. The Hall–Kier alpha value is -2.74. The van der Waals surface area contributed by atoms with E-state index in [9.17, 15) is 14.0 Å². The standard InChI is InChI=1S/C16H16FN3O4/c17-11-1-3-13(4-2-11)20-6-5-12(18-20)9-15(21)19-7-8-24-14(10-19)16(22)23/h1-6,14H,7-10H2,(H,22,23)/t14-/m0/s1. The Kier molecular flexibility index (Phi) is 4.57. The summed E-state index contributed by atoms with van der Waals surface area (Å²) >= 11 is 0. The van der Waals surface area contributed by atoms with Gasteiger partial charge in [-0.1, -0.05) is 0 Å². The van der Waals surface area contributed by atoms with E-state index in [-0.39, 0.29) is 31.3 Å². The Bertz CT molecular complexity index is 744. The SMILES string of the molecule is O=C(O)[C@@H]1CN(C(=O)Cc2ccn(-c3ccc(F)cc3)n2)CCO1. The second kappa shape index (κ2) is 6.79. The van der Waals surface area contributed by atoms with Crippen molar-refractivity contribution in [2.24, 2.45) is 0 Å². The number of nitrogens with zero attached hydrogens (tertiary/aromatic N) is 3. The molecule has 24 heavy (non-hydrogen) atoms. The zero-order chi connectivity index (χ0) is 17.1. The predicted molar refractivity (Wildman–Crippen MR) is 81.2 cm³/mol. The maximum atomic E-state index is 12.9. The monoisotopic (exact) mass is 333 g/mol. The Labute approximate surface area is 137 Å². The molecule has 0 bridgehead atoms. The first-order chi connectivity index (χ1) is 11.5. The van der Waals surface area contributed by atoms with Gasteiger partial charge < -0.3 is 14.7 Å². The summed E-state index contributed by atoms with van der Waals surface area (Å²) in [6.07, 6.45) is 0.773. The maximum Gasteiger partial charge on any atom is 0.334 e. The molecule has 1 aliphatic heterocycles. The molecule has 2 heterocycles. The van der Waals surface area contributed by atoms with Crippen molar-refractivity contribution in [1.29, 1.82) is 0 Å². The summed E-state index contributed by atoms with van der Waals surface area (Å²) in [5.74, 6) is -1.61. The van der Waals surface area contributed by atoms with Crippen molar-refractivity contribution in [2.45, 2.75) is 12.5 Å². The van der Waals surface area contributed by atoms with Crippen LogP contribution >= 0.6 is 0 Å². The smallest absolute Gasteiger partial charge is 0.334 e. The lowest BCUT2D eigenvalue weighted by atomic mass is 10.2. The third-order valence-electron chi connectivity index (χ3n) is 3.76. The largest absolute Gasteiger partial charge is 0.479 e. The molecule has 0 saturated carbocycles. The third-order valence-corrected chi connectivity index (χ3v) is 3.76. The summed E-state index contributed by atoms with van der Waals surface area (Å²) < 4.78 is 19.6. The van der Waals surface area contributed by atoms with Crippen LogP contribution in [-0.2, 0) is 20.7 Å². The Morgan fingerprint density at radius 1 is 1.29 bits per heavy atom. The average Bonchev–Trinajstić information content (AvgIpc) is 3.04. The van der Waals surface area contributed by atoms with Crippen LogP contribution in [0.4, 0.5) is 4.39 Å². The van der Waals surface area contributed by atoms with Crippen LogP contribution in [0.2, 0.25) is 0 Å². The molecule has 7 nitrogen and oxygen atoms in total. The fourth-order valence-corrected chi connectivity index (χ4v) is 2.49. The highest BCUT2D eigenvalue weighted by atomic mass is 19.1. The number of carbonyl (C=O) groups excluding carboxylic acids is 1.